The molecule has 1 unspecified atom stereocenters. The summed E-state index contributed by atoms with van der Waals surface area (Å²) in [5, 5.41) is 22.9. The number of aromatic nitrogens is 1. The van der Waals surface area contributed by atoms with Crippen molar-refractivity contribution >= 4 is 11.5 Å². The van der Waals surface area contributed by atoms with E-state index < -0.39 is 4.92 Å². The summed E-state index contributed by atoms with van der Waals surface area (Å²) in [6.07, 6.45) is 2.44. The number of nitriles is 1. The molecule has 0 spiro atoms. The van der Waals surface area contributed by atoms with Crippen LogP contribution in [-0.2, 0) is 11.2 Å². The molecule has 0 aliphatic rings. The van der Waals surface area contributed by atoms with E-state index in [9.17, 15) is 10.1 Å². The normalized spacial score (nSPS) is 11.5. The van der Waals surface area contributed by atoms with Crippen molar-refractivity contribution in [2.45, 2.75) is 25.8 Å². The fourth-order valence-corrected chi connectivity index (χ4v) is 2.35. The summed E-state index contributed by atoms with van der Waals surface area (Å²) in [4.78, 5) is 14.8. The molecule has 0 saturated heterocycles. The molecule has 0 radical (unpaired) electrons. The van der Waals surface area contributed by atoms with Crippen LogP contribution < -0.4 is 5.32 Å². The van der Waals surface area contributed by atoms with Gasteiger partial charge in [0, 0.05) is 12.3 Å². The number of nitrogens with zero attached hydrogens (tertiary/aromatic N) is 3. The van der Waals surface area contributed by atoms with Crippen molar-refractivity contribution in [2.24, 2.45) is 0 Å². The topological polar surface area (TPSA) is 101 Å². The fourth-order valence-electron chi connectivity index (χ4n) is 2.35. The van der Waals surface area contributed by atoms with E-state index in [1.54, 1.807) is 0 Å². The molecule has 1 aromatic carbocycles. The summed E-state index contributed by atoms with van der Waals surface area (Å²) in [5.41, 5.74) is 2.18. The molecule has 7 nitrogen and oxygen atoms in total. The Bertz CT molecular complexity index is 741. The number of hydrogen-bond acceptors (Lipinski definition) is 6. The number of aryl methyl sites for hydroxylation is 1. The van der Waals surface area contributed by atoms with E-state index in [2.05, 4.69) is 10.3 Å². The smallest absolute Gasteiger partial charge is 0.311 e. The second-order valence-corrected chi connectivity index (χ2v) is 5.64. The highest BCUT2D eigenvalue weighted by molar-refractivity contribution is 5.55. The summed E-state index contributed by atoms with van der Waals surface area (Å²) >= 11 is 0. The van der Waals surface area contributed by atoms with Gasteiger partial charge in [-0.05, 0) is 25.0 Å². The van der Waals surface area contributed by atoms with E-state index in [0.717, 1.165) is 5.56 Å². The number of anilines is 1. The van der Waals surface area contributed by atoms with Gasteiger partial charge in [-0.15, -0.1) is 0 Å². The van der Waals surface area contributed by atoms with E-state index in [-0.39, 0.29) is 17.5 Å². The molecule has 1 N–H and O–H groups in total. The molecule has 1 atom stereocenters. The summed E-state index contributed by atoms with van der Waals surface area (Å²) in [6, 6.07) is 12.8. The quantitative estimate of drug-likeness (QED) is 0.427. The van der Waals surface area contributed by atoms with Gasteiger partial charge < -0.3 is 10.1 Å². The number of benzene rings is 1. The second kappa shape index (κ2) is 9.35. The van der Waals surface area contributed by atoms with Crippen LogP contribution in [0.5, 0.6) is 0 Å². The first-order chi connectivity index (χ1) is 12.1. The first kappa shape index (κ1) is 18.4. The predicted molar refractivity (Wildman–Crippen MR) is 94.2 cm³/mol. The van der Waals surface area contributed by atoms with Crippen molar-refractivity contribution in [2.75, 3.05) is 18.5 Å². The zero-order valence-corrected chi connectivity index (χ0v) is 14.0. The van der Waals surface area contributed by atoms with Crippen molar-refractivity contribution < 1.29 is 9.66 Å². The minimum Gasteiger partial charge on any atom is -0.378 e. The van der Waals surface area contributed by atoms with E-state index in [0.29, 0.717) is 26.1 Å². The Labute approximate surface area is 146 Å². The lowest BCUT2D eigenvalue weighted by molar-refractivity contribution is -0.384. The monoisotopic (exact) mass is 340 g/mol. The summed E-state index contributed by atoms with van der Waals surface area (Å²) in [5.74, 6) is 0.216. The van der Waals surface area contributed by atoms with Crippen molar-refractivity contribution in [3.05, 3.63) is 63.8 Å². The SMILES string of the molecule is Cc1ccc(CC(COCCC#N)Nc2ncccc2[N+](=O)[O-])cc1. The number of hydrogen-bond donors (Lipinski definition) is 1. The highest BCUT2D eigenvalue weighted by Crippen LogP contribution is 2.22. The molecule has 1 aromatic heterocycles. The van der Waals surface area contributed by atoms with Gasteiger partial charge in [-0.2, -0.15) is 5.26 Å². The maximum atomic E-state index is 11.2. The van der Waals surface area contributed by atoms with E-state index >= 15 is 0 Å². The van der Waals surface area contributed by atoms with Crippen LogP contribution in [0.3, 0.4) is 0 Å². The van der Waals surface area contributed by atoms with Crippen LogP contribution in [-0.4, -0.2) is 29.2 Å². The molecule has 0 saturated carbocycles. The molecular formula is C18H20N4O3. The maximum Gasteiger partial charge on any atom is 0.311 e. The molecule has 1 heterocycles. The van der Waals surface area contributed by atoms with E-state index in [1.807, 2.05) is 37.3 Å². The van der Waals surface area contributed by atoms with E-state index in [1.165, 1.54) is 23.9 Å². The molecule has 0 bridgehead atoms. The lowest BCUT2D eigenvalue weighted by Gasteiger charge is -2.19. The Kier molecular flexibility index (Phi) is 6.87. The third-order valence-corrected chi connectivity index (χ3v) is 3.60. The average Bonchev–Trinajstić information content (AvgIpc) is 2.61. The standard InChI is InChI=1S/C18H20N4O3/c1-14-5-7-15(8-6-14)12-16(13-25-11-3-9-19)21-18-17(22(23)24)4-2-10-20-18/h2,4-8,10,16H,3,11-13H2,1H3,(H,20,21). The van der Waals surface area contributed by atoms with Gasteiger partial charge in [-0.1, -0.05) is 29.8 Å². The number of nitro groups is 1. The van der Waals surface area contributed by atoms with Crippen molar-refractivity contribution in [1.29, 1.82) is 5.26 Å². The minimum atomic E-state index is -0.463. The van der Waals surface area contributed by atoms with Gasteiger partial charge in [0.15, 0.2) is 0 Å². The van der Waals surface area contributed by atoms with Crippen molar-refractivity contribution in [3.63, 3.8) is 0 Å². The van der Waals surface area contributed by atoms with Gasteiger partial charge in [0.1, 0.15) is 0 Å². The van der Waals surface area contributed by atoms with Crippen molar-refractivity contribution in [3.8, 4) is 6.07 Å². The number of ether oxygens (including phenoxy) is 1. The third-order valence-electron chi connectivity index (χ3n) is 3.60. The zero-order valence-electron chi connectivity index (χ0n) is 14.0. The number of rotatable bonds is 9. The molecule has 25 heavy (non-hydrogen) atoms. The third kappa shape index (κ3) is 5.86. The van der Waals surface area contributed by atoms with Gasteiger partial charge in [0.25, 0.3) is 0 Å². The Morgan fingerprint density at radius 2 is 2.12 bits per heavy atom. The Morgan fingerprint density at radius 1 is 1.36 bits per heavy atom. The van der Waals surface area contributed by atoms with Gasteiger partial charge in [0.2, 0.25) is 5.82 Å². The molecule has 130 valence electrons. The Morgan fingerprint density at radius 3 is 2.80 bits per heavy atom. The van der Waals surface area contributed by atoms with Gasteiger partial charge in [-0.25, -0.2) is 4.98 Å². The Hall–Kier alpha value is -2.98. The molecule has 0 fully saturated rings. The van der Waals surface area contributed by atoms with Gasteiger partial charge >= 0.3 is 5.69 Å². The molecular weight excluding hydrogens is 320 g/mol. The van der Waals surface area contributed by atoms with Crippen LogP contribution in [0.1, 0.15) is 17.5 Å². The summed E-state index contributed by atoms with van der Waals surface area (Å²) in [6.45, 7) is 2.66. The van der Waals surface area contributed by atoms with Gasteiger partial charge in [0.05, 0.1) is 36.7 Å². The summed E-state index contributed by atoms with van der Waals surface area (Å²) < 4.78 is 5.52. The lowest BCUT2D eigenvalue weighted by Crippen LogP contribution is -2.29. The Balaban J connectivity index is 2.12. The molecule has 7 heteroatoms. The zero-order chi connectivity index (χ0) is 18.1. The van der Waals surface area contributed by atoms with Crippen LogP contribution in [0.4, 0.5) is 11.5 Å². The largest absolute Gasteiger partial charge is 0.378 e. The predicted octanol–water partition coefficient (Wildman–Crippen LogP) is 3.25. The van der Waals surface area contributed by atoms with E-state index in [4.69, 9.17) is 10.00 Å². The second-order valence-electron chi connectivity index (χ2n) is 5.64. The molecule has 2 aromatic rings. The molecule has 0 aliphatic heterocycles. The fraction of sp³-hybridized carbons (Fsp3) is 0.333. The average molecular weight is 340 g/mol. The molecule has 0 aliphatic carbocycles. The first-order valence-electron chi connectivity index (χ1n) is 7.96. The van der Waals surface area contributed by atoms with Crippen LogP contribution in [0.25, 0.3) is 0 Å². The molecule has 2 rings (SSSR count). The summed E-state index contributed by atoms with van der Waals surface area (Å²) in [7, 11) is 0. The van der Waals surface area contributed by atoms with Crippen molar-refractivity contribution in [1.82, 2.24) is 4.98 Å². The highest BCUT2D eigenvalue weighted by atomic mass is 16.6. The van der Waals surface area contributed by atoms with Crippen LogP contribution >= 0.6 is 0 Å². The highest BCUT2D eigenvalue weighted by Gasteiger charge is 2.18. The molecule has 0 amide bonds. The van der Waals surface area contributed by atoms with Crippen LogP contribution in [0.2, 0.25) is 0 Å². The first-order valence-corrected chi connectivity index (χ1v) is 7.96. The number of pyridine rings is 1. The lowest BCUT2D eigenvalue weighted by atomic mass is 10.0. The van der Waals surface area contributed by atoms with Gasteiger partial charge in [-0.3, -0.25) is 10.1 Å². The maximum absolute atomic E-state index is 11.2. The van der Waals surface area contributed by atoms with Crippen LogP contribution in [0.15, 0.2) is 42.6 Å². The minimum absolute atomic E-state index is 0.0755. The van der Waals surface area contributed by atoms with Crippen LogP contribution in [0, 0.1) is 28.4 Å². The number of nitrogens with one attached hydrogen (secondary N) is 1.